The van der Waals surface area contributed by atoms with E-state index in [0.29, 0.717) is 46.6 Å². The number of hydrogen-bond acceptors (Lipinski definition) is 12. The van der Waals surface area contributed by atoms with Gasteiger partial charge in [0.2, 0.25) is 0 Å². The van der Waals surface area contributed by atoms with Crippen LogP contribution < -0.4 is 0 Å². The lowest BCUT2D eigenvalue weighted by Crippen LogP contribution is -2.01. The predicted octanol–water partition coefficient (Wildman–Crippen LogP) is 30.1. The van der Waals surface area contributed by atoms with Crippen molar-refractivity contribution in [2.24, 2.45) is 0 Å². The van der Waals surface area contributed by atoms with Gasteiger partial charge in [0.25, 0.3) is 0 Å². The molecule has 0 aliphatic heterocycles. The second kappa shape index (κ2) is 36.7. The van der Waals surface area contributed by atoms with Gasteiger partial charge in [0.05, 0.1) is 17.1 Å². The first-order chi connectivity index (χ1) is 65.4. The van der Waals surface area contributed by atoms with Gasteiger partial charge in [-0.15, -0.1) is 0 Å². The molecule has 0 spiro atoms. The highest BCUT2D eigenvalue weighted by atomic mass is 15.0. The second-order valence-corrected chi connectivity index (χ2v) is 33.3. The average Bonchev–Trinajstić information content (AvgIpc) is 0.755. The first kappa shape index (κ1) is 82.5. The molecular formula is C121H86N12. The first-order valence-corrected chi connectivity index (χ1v) is 44.6. The monoisotopic (exact) mass is 1710 g/mol. The summed E-state index contributed by atoms with van der Waals surface area (Å²) >= 11 is 0. The van der Waals surface area contributed by atoms with Crippen LogP contribution >= 0.6 is 0 Å². The molecule has 23 aromatic rings. The Hall–Kier alpha value is -17.5. The van der Waals surface area contributed by atoms with Crippen molar-refractivity contribution < 1.29 is 0 Å². The van der Waals surface area contributed by atoms with E-state index in [0.717, 1.165) is 157 Å². The molecule has 0 saturated heterocycles. The van der Waals surface area contributed by atoms with Crippen LogP contribution in [0, 0.1) is 34.6 Å². The molecule has 630 valence electrons. The highest BCUT2D eigenvalue weighted by Crippen LogP contribution is 2.44. The van der Waals surface area contributed by atoms with Crippen LogP contribution in [0.5, 0.6) is 0 Å². The minimum absolute atomic E-state index is 0.620. The van der Waals surface area contributed by atoms with Crippen LogP contribution in [-0.4, -0.2) is 59.8 Å². The number of aryl methyl sites for hydroxylation is 5. The average molecular weight is 1710 g/mol. The van der Waals surface area contributed by atoms with Gasteiger partial charge in [-0.25, -0.2) is 49.8 Å². The molecule has 0 N–H and O–H groups in total. The topological polar surface area (TPSA) is 155 Å². The lowest BCUT2D eigenvalue weighted by Gasteiger charge is -2.15. The van der Waals surface area contributed by atoms with E-state index in [-0.39, 0.29) is 0 Å². The van der Waals surface area contributed by atoms with E-state index in [1.54, 1.807) is 0 Å². The maximum Gasteiger partial charge on any atom is 0.164 e. The van der Waals surface area contributed by atoms with Crippen molar-refractivity contribution in [1.82, 2.24) is 59.8 Å². The fourth-order valence-corrected chi connectivity index (χ4v) is 17.7. The van der Waals surface area contributed by atoms with Crippen LogP contribution in [0.25, 0.3) is 223 Å². The molecule has 0 aliphatic carbocycles. The molecule has 0 saturated carbocycles. The van der Waals surface area contributed by atoms with Crippen molar-refractivity contribution in [2.75, 3.05) is 0 Å². The molecule has 0 atom stereocenters. The summed E-state index contributed by atoms with van der Waals surface area (Å²) in [5, 5.41) is 12.0. The number of pyridine rings is 2. The molecule has 0 aliphatic rings. The zero-order chi connectivity index (χ0) is 89.7. The second-order valence-electron chi connectivity index (χ2n) is 33.3. The summed E-state index contributed by atoms with van der Waals surface area (Å²) in [5.74, 6) is 5.14. The van der Waals surface area contributed by atoms with Gasteiger partial charge < -0.3 is 0 Å². The molecule has 12 nitrogen and oxygen atoms in total. The Morgan fingerprint density at radius 2 is 0.406 bits per heavy atom. The van der Waals surface area contributed by atoms with E-state index in [2.05, 4.69) is 275 Å². The summed E-state index contributed by atoms with van der Waals surface area (Å²) in [7, 11) is 0. The maximum atomic E-state index is 5.16. The van der Waals surface area contributed by atoms with Crippen LogP contribution in [0.15, 0.2) is 431 Å². The van der Waals surface area contributed by atoms with Gasteiger partial charge in [0.1, 0.15) is 0 Å². The molecule has 6 heterocycles. The van der Waals surface area contributed by atoms with E-state index in [1.165, 1.54) is 48.5 Å². The van der Waals surface area contributed by atoms with Crippen molar-refractivity contribution in [3.8, 4) is 169 Å². The number of rotatable bonds is 15. The first-order valence-electron chi connectivity index (χ1n) is 44.6. The standard InChI is InChI=1S/2C42H30N4.C37H26N4/c1-27-21-28(2)44-41(43-27)33-22-32(38-25-31-17-9-10-18-35(31)36-19-11-12-20-37(36)38)23-34(24-33)42-45-39(29-13-5-3-6-14-29)26-40(46-42)30-15-7-4-8-16-30;1-27-21-22-35(28(2)43-27)32-23-33(39-26-31-17-9-10-18-36(31)37-19-11-12-20-38(37)39)25-34(24-32)42-45-40(29-13-5-3-6-14-29)44-41(46-42)30-15-7-4-8-16-30;1-25-33-20-12-11-19-29(33)24-34(38-25)31-21-30(26-13-5-2-6-14-26)22-32(23-31)37-40-35(27-15-7-3-8-16-27)39-36(41-37)28-17-9-4-10-18-28/h2*3-26H,1-2H3;2-24H,1H3. The number of fused-ring (bicyclic) bond motifs is 7. The third-order valence-corrected chi connectivity index (χ3v) is 24.1. The number of benzene rings is 17. The minimum Gasteiger partial charge on any atom is -0.258 e. The van der Waals surface area contributed by atoms with Gasteiger partial charge in [0.15, 0.2) is 46.6 Å². The summed E-state index contributed by atoms with van der Waals surface area (Å²) in [6, 6.07) is 149. The number of hydrogen-bond donors (Lipinski definition) is 0. The van der Waals surface area contributed by atoms with Gasteiger partial charge >= 0.3 is 0 Å². The summed E-state index contributed by atoms with van der Waals surface area (Å²) in [5.41, 5.74) is 26.8. The molecule has 0 radical (unpaired) electrons. The fraction of sp³-hybridized carbons (Fsp3) is 0.0413. The smallest absolute Gasteiger partial charge is 0.164 e. The zero-order valence-electron chi connectivity index (χ0n) is 73.9. The van der Waals surface area contributed by atoms with Crippen molar-refractivity contribution >= 4 is 53.9 Å². The SMILES string of the molecule is Cc1cc(C)nc(-c2cc(-c3nc(-c4ccccc4)cc(-c4ccccc4)n3)cc(-c3cc4ccccc4c4ccccc34)c2)n1.Cc1ccc(-c2cc(-c3nc(-c4ccccc4)nc(-c4ccccc4)n3)cc(-c3cc4ccccc4c4ccccc34)c2)c(C)n1.Cc1nc(-c2cc(-c3ccccc3)cc(-c3nc(-c4ccccc4)nc(-c4ccccc4)n3)c2)cc2ccccc12. The summed E-state index contributed by atoms with van der Waals surface area (Å²) < 4.78 is 0. The molecule has 0 fully saturated rings. The molecule has 23 rings (SSSR count). The van der Waals surface area contributed by atoms with E-state index >= 15 is 0 Å². The van der Waals surface area contributed by atoms with E-state index < -0.39 is 0 Å². The maximum absolute atomic E-state index is 5.16. The van der Waals surface area contributed by atoms with E-state index in [9.17, 15) is 0 Å². The third kappa shape index (κ3) is 17.7. The van der Waals surface area contributed by atoms with Crippen molar-refractivity contribution in [1.29, 1.82) is 0 Å². The summed E-state index contributed by atoms with van der Waals surface area (Å²) in [4.78, 5) is 59.8. The number of aromatic nitrogens is 12. The molecule has 12 heteroatoms. The Labute approximate surface area is 771 Å². The predicted molar refractivity (Wildman–Crippen MR) is 546 cm³/mol. The van der Waals surface area contributed by atoms with E-state index in [1.807, 2.05) is 191 Å². The largest absolute Gasteiger partial charge is 0.258 e. The lowest BCUT2D eigenvalue weighted by atomic mass is 9.90. The van der Waals surface area contributed by atoms with Crippen LogP contribution in [0.1, 0.15) is 28.5 Å². The fourth-order valence-electron chi connectivity index (χ4n) is 17.7. The Balaban J connectivity index is 0.000000120. The van der Waals surface area contributed by atoms with Gasteiger partial charge in [-0.1, -0.05) is 340 Å². The lowest BCUT2D eigenvalue weighted by molar-refractivity contribution is 1.06. The van der Waals surface area contributed by atoms with Gasteiger partial charge in [-0.2, -0.15) is 0 Å². The Bertz CT molecular complexity index is 8100. The number of nitrogens with zero attached hydrogens (tertiary/aromatic N) is 12. The Morgan fingerprint density at radius 3 is 0.812 bits per heavy atom. The zero-order valence-corrected chi connectivity index (χ0v) is 73.9. The highest BCUT2D eigenvalue weighted by Gasteiger charge is 2.23. The highest BCUT2D eigenvalue weighted by molar-refractivity contribution is 6.15. The normalized spacial score (nSPS) is 11.2. The molecule has 6 aromatic heterocycles. The van der Waals surface area contributed by atoms with Gasteiger partial charge in [-0.05, 0) is 213 Å². The summed E-state index contributed by atoms with van der Waals surface area (Å²) in [6.45, 7) is 10.2. The minimum atomic E-state index is 0.620. The quantitative estimate of drug-likeness (QED) is 0.0897. The molecule has 133 heavy (non-hydrogen) atoms. The van der Waals surface area contributed by atoms with Crippen molar-refractivity contribution in [2.45, 2.75) is 34.6 Å². The molecule has 17 aromatic carbocycles. The van der Waals surface area contributed by atoms with Crippen molar-refractivity contribution in [3.05, 3.63) is 459 Å². The van der Waals surface area contributed by atoms with Crippen LogP contribution in [0.3, 0.4) is 0 Å². The van der Waals surface area contributed by atoms with Crippen LogP contribution in [-0.2, 0) is 0 Å². The molecular weight excluding hydrogens is 1620 g/mol. The molecule has 0 unspecified atom stereocenters. The molecule has 0 amide bonds. The Morgan fingerprint density at radius 1 is 0.128 bits per heavy atom. The molecule has 0 bridgehead atoms. The Kier molecular flexibility index (Phi) is 22.8. The van der Waals surface area contributed by atoms with Gasteiger partial charge in [0, 0.05) is 101 Å². The van der Waals surface area contributed by atoms with Crippen molar-refractivity contribution in [3.63, 3.8) is 0 Å². The van der Waals surface area contributed by atoms with Crippen LogP contribution in [0.4, 0.5) is 0 Å². The summed E-state index contributed by atoms with van der Waals surface area (Å²) in [6.07, 6.45) is 0. The van der Waals surface area contributed by atoms with E-state index in [4.69, 9.17) is 59.8 Å². The van der Waals surface area contributed by atoms with Crippen LogP contribution in [0.2, 0.25) is 0 Å². The van der Waals surface area contributed by atoms with Gasteiger partial charge in [-0.3, -0.25) is 9.97 Å². The third-order valence-electron chi connectivity index (χ3n) is 24.1.